The minimum absolute atomic E-state index is 0.0999. The van der Waals surface area contributed by atoms with Crippen molar-refractivity contribution in [2.75, 3.05) is 0 Å². The zero-order chi connectivity index (χ0) is 10.1. The Bertz CT molecular complexity index is 516. The van der Waals surface area contributed by atoms with Crippen molar-refractivity contribution in [2.24, 2.45) is 0 Å². The molecular formula is C10H11N3O. The molecule has 0 unspecified atom stereocenters. The van der Waals surface area contributed by atoms with Crippen LogP contribution in [0.15, 0.2) is 29.1 Å². The van der Waals surface area contributed by atoms with Crippen LogP contribution in [0.5, 0.6) is 0 Å². The van der Waals surface area contributed by atoms with Crippen LogP contribution >= 0.6 is 0 Å². The van der Waals surface area contributed by atoms with E-state index in [2.05, 4.69) is 10.2 Å². The molecule has 0 aliphatic rings. The normalized spacial score (nSPS) is 11.1. The van der Waals surface area contributed by atoms with Gasteiger partial charge < -0.3 is 0 Å². The summed E-state index contributed by atoms with van der Waals surface area (Å²) in [6, 6.07) is 7.60. The summed E-state index contributed by atoms with van der Waals surface area (Å²) in [4.78, 5) is 11.5. The van der Waals surface area contributed by atoms with E-state index < -0.39 is 0 Å². The van der Waals surface area contributed by atoms with Gasteiger partial charge in [-0.05, 0) is 26.0 Å². The topological polar surface area (TPSA) is 47.8 Å². The number of benzene rings is 1. The van der Waals surface area contributed by atoms with Crippen LogP contribution in [-0.4, -0.2) is 14.8 Å². The monoisotopic (exact) mass is 189 g/mol. The van der Waals surface area contributed by atoms with Crippen molar-refractivity contribution in [3.63, 3.8) is 0 Å². The van der Waals surface area contributed by atoms with Gasteiger partial charge in [-0.1, -0.05) is 17.2 Å². The SMILES string of the molecule is CC(C)n1c(=O)nnc2ccccc21. The second-order valence-corrected chi connectivity index (χ2v) is 3.44. The van der Waals surface area contributed by atoms with Crippen LogP contribution < -0.4 is 5.69 Å². The lowest BCUT2D eigenvalue weighted by Crippen LogP contribution is -2.25. The maximum Gasteiger partial charge on any atom is 0.366 e. The summed E-state index contributed by atoms with van der Waals surface area (Å²) in [5.74, 6) is 0. The molecule has 2 rings (SSSR count). The molecule has 0 saturated heterocycles. The van der Waals surface area contributed by atoms with E-state index in [-0.39, 0.29) is 11.7 Å². The van der Waals surface area contributed by atoms with Gasteiger partial charge in [0.25, 0.3) is 0 Å². The van der Waals surface area contributed by atoms with E-state index >= 15 is 0 Å². The van der Waals surface area contributed by atoms with Gasteiger partial charge in [0.15, 0.2) is 0 Å². The smallest absolute Gasteiger partial charge is 0.287 e. The molecular weight excluding hydrogens is 178 g/mol. The minimum Gasteiger partial charge on any atom is -0.287 e. The van der Waals surface area contributed by atoms with Crippen LogP contribution in [0.25, 0.3) is 11.0 Å². The Kier molecular flexibility index (Phi) is 2.04. The quantitative estimate of drug-likeness (QED) is 0.680. The molecule has 1 heterocycles. The van der Waals surface area contributed by atoms with Crippen molar-refractivity contribution in [2.45, 2.75) is 19.9 Å². The van der Waals surface area contributed by atoms with Gasteiger partial charge in [0.1, 0.15) is 5.52 Å². The van der Waals surface area contributed by atoms with Crippen molar-refractivity contribution < 1.29 is 0 Å². The molecule has 1 aromatic heterocycles. The summed E-state index contributed by atoms with van der Waals surface area (Å²) in [5.41, 5.74) is 1.29. The molecule has 0 saturated carbocycles. The van der Waals surface area contributed by atoms with Crippen molar-refractivity contribution in [1.82, 2.24) is 14.8 Å². The maximum atomic E-state index is 11.5. The fraction of sp³-hybridized carbons (Fsp3) is 0.300. The predicted molar refractivity (Wildman–Crippen MR) is 54.2 cm³/mol. The summed E-state index contributed by atoms with van der Waals surface area (Å²) >= 11 is 0. The summed E-state index contributed by atoms with van der Waals surface area (Å²) in [7, 11) is 0. The van der Waals surface area contributed by atoms with Crippen molar-refractivity contribution in [3.05, 3.63) is 34.7 Å². The molecule has 14 heavy (non-hydrogen) atoms. The highest BCUT2D eigenvalue weighted by molar-refractivity contribution is 5.73. The summed E-state index contributed by atoms with van der Waals surface area (Å²) < 4.78 is 1.64. The first-order valence-corrected chi connectivity index (χ1v) is 4.54. The Morgan fingerprint density at radius 1 is 1.21 bits per heavy atom. The number of rotatable bonds is 1. The van der Waals surface area contributed by atoms with Crippen molar-refractivity contribution >= 4 is 11.0 Å². The summed E-state index contributed by atoms with van der Waals surface area (Å²) in [6.07, 6.45) is 0. The van der Waals surface area contributed by atoms with Crippen LogP contribution in [0.3, 0.4) is 0 Å². The lowest BCUT2D eigenvalue weighted by Gasteiger charge is -2.10. The molecule has 0 atom stereocenters. The maximum absolute atomic E-state index is 11.5. The van der Waals surface area contributed by atoms with Crippen LogP contribution in [0.4, 0.5) is 0 Å². The summed E-state index contributed by atoms with van der Waals surface area (Å²) in [6.45, 7) is 3.91. The third kappa shape index (κ3) is 1.28. The number of aromatic nitrogens is 3. The fourth-order valence-corrected chi connectivity index (χ4v) is 1.50. The first-order chi connectivity index (χ1) is 6.70. The fourth-order valence-electron chi connectivity index (χ4n) is 1.50. The Morgan fingerprint density at radius 2 is 1.93 bits per heavy atom. The lowest BCUT2D eigenvalue weighted by atomic mass is 10.3. The van der Waals surface area contributed by atoms with Gasteiger partial charge in [0.05, 0.1) is 5.52 Å². The Hall–Kier alpha value is -1.71. The zero-order valence-corrected chi connectivity index (χ0v) is 8.14. The van der Waals surface area contributed by atoms with E-state index in [1.54, 1.807) is 4.57 Å². The summed E-state index contributed by atoms with van der Waals surface area (Å²) in [5, 5.41) is 7.43. The number of hydrogen-bond acceptors (Lipinski definition) is 3. The number of nitrogens with zero attached hydrogens (tertiary/aromatic N) is 3. The second-order valence-electron chi connectivity index (χ2n) is 3.44. The average Bonchev–Trinajstić information content (AvgIpc) is 2.17. The lowest BCUT2D eigenvalue weighted by molar-refractivity contribution is 0.577. The van der Waals surface area contributed by atoms with E-state index in [1.165, 1.54) is 0 Å². The number of hydrogen-bond donors (Lipinski definition) is 0. The average molecular weight is 189 g/mol. The standard InChI is InChI=1S/C10H11N3O/c1-7(2)13-9-6-4-3-5-8(9)11-12-10(13)14/h3-7H,1-2H3. The third-order valence-corrected chi connectivity index (χ3v) is 2.11. The van der Waals surface area contributed by atoms with Crippen LogP contribution in [0, 0.1) is 0 Å². The highest BCUT2D eigenvalue weighted by Gasteiger charge is 2.06. The molecule has 0 fully saturated rings. The molecule has 0 aliphatic heterocycles. The molecule has 1 aromatic carbocycles. The zero-order valence-electron chi connectivity index (χ0n) is 8.14. The molecule has 0 N–H and O–H groups in total. The molecule has 0 radical (unpaired) electrons. The molecule has 4 nitrogen and oxygen atoms in total. The van der Waals surface area contributed by atoms with Crippen LogP contribution in [0.1, 0.15) is 19.9 Å². The third-order valence-electron chi connectivity index (χ3n) is 2.11. The van der Waals surface area contributed by atoms with E-state index in [4.69, 9.17) is 0 Å². The molecule has 0 aliphatic carbocycles. The van der Waals surface area contributed by atoms with Gasteiger partial charge in [-0.15, -0.1) is 5.10 Å². The number of para-hydroxylation sites is 1. The van der Waals surface area contributed by atoms with Gasteiger partial charge in [-0.3, -0.25) is 4.57 Å². The van der Waals surface area contributed by atoms with Gasteiger partial charge in [0, 0.05) is 6.04 Å². The van der Waals surface area contributed by atoms with Gasteiger partial charge in [-0.2, -0.15) is 0 Å². The molecule has 4 heteroatoms. The first-order valence-electron chi connectivity index (χ1n) is 4.54. The van der Waals surface area contributed by atoms with Gasteiger partial charge >= 0.3 is 5.69 Å². The van der Waals surface area contributed by atoms with Crippen molar-refractivity contribution in [3.8, 4) is 0 Å². The number of fused-ring (bicyclic) bond motifs is 1. The van der Waals surface area contributed by atoms with Gasteiger partial charge in [-0.25, -0.2) is 4.79 Å². The first kappa shape index (κ1) is 8.87. The Balaban J connectivity index is 2.90. The highest BCUT2D eigenvalue weighted by atomic mass is 16.1. The second kappa shape index (κ2) is 3.21. The van der Waals surface area contributed by atoms with Crippen LogP contribution in [0.2, 0.25) is 0 Å². The van der Waals surface area contributed by atoms with E-state index in [1.807, 2.05) is 38.1 Å². The van der Waals surface area contributed by atoms with Gasteiger partial charge in [0.2, 0.25) is 0 Å². The molecule has 0 bridgehead atoms. The van der Waals surface area contributed by atoms with E-state index in [9.17, 15) is 4.79 Å². The molecule has 0 spiro atoms. The van der Waals surface area contributed by atoms with E-state index in [0.717, 1.165) is 11.0 Å². The minimum atomic E-state index is -0.293. The van der Waals surface area contributed by atoms with E-state index in [0.29, 0.717) is 0 Å². The van der Waals surface area contributed by atoms with Crippen LogP contribution in [-0.2, 0) is 0 Å². The molecule has 0 amide bonds. The highest BCUT2D eigenvalue weighted by Crippen LogP contribution is 2.11. The van der Waals surface area contributed by atoms with Crippen molar-refractivity contribution in [1.29, 1.82) is 0 Å². The molecule has 2 aromatic rings. The predicted octanol–water partition coefficient (Wildman–Crippen LogP) is 1.37. The largest absolute Gasteiger partial charge is 0.366 e. The molecule has 72 valence electrons. The Morgan fingerprint density at radius 3 is 2.64 bits per heavy atom. The Labute approximate surface area is 81.2 Å².